The van der Waals surface area contributed by atoms with E-state index >= 15 is 0 Å². The molecular weight excluding hydrogens is 188 g/mol. The summed E-state index contributed by atoms with van der Waals surface area (Å²) in [6.07, 6.45) is 4.08. The summed E-state index contributed by atoms with van der Waals surface area (Å²) in [7, 11) is -2.33. The zero-order valence-electron chi connectivity index (χ0n) is 7.32. The van der Waals surface area contributed by atoms with Crippen molar-refractivity contribution < 1.29 is 8.42 Å². The maximum Gasteiger partial charge on any atom is 0.221 e. The largest absolute Gasteiger partial charge is 0.398 e. The van der Waals surface area contributed by atoms with E-state index < -0.39 is 16.3 Å². The molecule has 13 heavy (non-hydrogen) atoms. The third kappa shape index (κ3) is 1.81. The molecule has 1 unspecified atom stereocenters. The van der Waals surface area contributed by atoms with Crippen LogP contribution >= 0.6 is 0 Å². The molecule has 1 aliphatic carbocycles. The molecule has 1 atom stereocenters. The Hall–Kier alpha value is -1.07. The second-order valence-corrected chi connectivity index (χ2v) is 3.70. The lowest BCUT2D eigenvalue weighted by Crippen LogP contribution is -2.38. The Morgan fingerprint density at radius 3 is 2.54 bits per heavy atom. The molecule has 0 fully saturated rings. The van der Waals surface area contributed by atoms with Crippen molar-refractivity contribution in [2.45, 2.75) is 19.4 Å². The van der Waals surface area contributed by atoms with Gasteiger partial charge in [0.15, 0.2) is 0 Å². The molecule has 72 valence electrons. The fraction of sp³-hybridized carbons (Fsp3) is 0.375. The van der Waals surface area contributed by atoms with Gasteiger partial charge in [0.1, 0.15) is 4.86 Å². The number of nitrogens with two attached hydrogens (primary N) is 2. The number of rotatable bonds is 1. The van der Waals surface area contributed by atoms with E-state index in [1.54, 1.807) is 12.2 Å². The average Bonchev–Trinajstić information content (AvgIpc) is 2.04. The van der Waals surface area contributed by atoms with Crippen LogP contribution in [0.3, 0.4) is 0 Å². The van der Waals surface area contributed by atoms with E-state index in [0.29, 0.717) is 0 Å². The highest BCUT2D eigenvalue weighted by Gasteiger charge is 2.21. The van der Waals surface area contributed by atoms with Crippen molar-refractivity contribution >= 4 is 15.2 Å². The van der Waals surface area contributed by atoms with Crippen molar-refractivity contribution in [2.24, 2.45) is 11.5 Å². The maximum absolute atomic E-state index is 10.8. The van der Waals surface area contributed by atoms with Crippen LogP contribution in [0.1, 0.15) is 13.3 Å². The third-order valence-electron chi connectivity index (χ3n) is 2.03. The van der Waals surface area contributed by atoms with Crippen LogP contribution in [0.4, 0.5) is 0 Å². The predicted octanol–water partition coefficient (Wildman–Crippen LogP) is -0.442. The molecular formula is C8H12N2O2S. The summed E-state index contributed by atoms with van der Waals surface area (Å²) in [6, 6.07) is -0.576. The molecule has 0 saturated carbocycles. The van der Waals surface area contributed by atoms with Crippen LogP contribution in [0.25, 0.3) is 0 Å². The predicted molar refractivity (Wildman–Crippen MR) is 52.5 cm³/mol. The van der Waals surface area contributed by atoms with Gasteiger partial charge in [-0.1, -0.05) is 13.0 Å². The van der Waals surface area contributed by atoms with Crippen LogP contribution in [0.5, 0.6) is 0 Å². The lowest BCUT2D eigenvalue weighted by atomic mass is 9.96. The Morgan fingerprint density at radius 1 is 1.46 bits per heavy atom. The van der Waals surface area contributed by atoms with Crippen molar-refractivity contribution in [1.29, 1.82) is 0 Å². The summed E-state index contributed by atoms with van der Waals surface area (Å²) < 4.78 is 21.5. The summed E-state index contributed by atoms with van der Waals surface area (Å²) in [5.74, 6) is 0. The van der Waals surface area contributed by atoms with Crippen molar-refractivity contribution in [3.63, 3.8) is 0 Å². The topological polar surface area (TPSA) is 86.2 Å². The van der Waals surface area contributed by atoms with Gasteiger partial charge in [0.25, 0.3) is 0 Å². The highest BCUT2D eigenvalue weighted by Crippen LogP contribution is 2.14. The van der Waals surface area contributed by atoms with Crippen molar-refractivity contribution in [1.82, 2.24) is 0 Å². The smallest absolute Gasteiger partial charge is 0.221 e. The Labute approximate surface area is 78.4 Å². The van der Waals surface area contributed by atoms with Gasteiger partial charge >= 0.3 is 0 Å². The minimum absolute atomic E-state index is 0.0966. The van der Waals surface area contributed by atoms with Crippen LogP contribution in [0.15, 0.2) is 23.4 Å². The van der Waals surface area contributed by atoms with Crippen LogP contribution < -0.4 is 11.5 Å². The fourth-order valence-electron chi connectivity index (χ4n) is 1.27. The van der Waals surface area contributed by atoms with E-state index in [9.17, 15) is 8.42 Å². The zero-order chi connectivity index (χ0) is 10.0. The first-order chi connectivity index (χ1) is 6.07. The Balaban J connectivity index is 3.28. The summed E-state index contributed by atoms with van der Waals surface area (Å²) in [4.78, 5) is 0.0966. The van der Waals surface area contributed by atoms with Crippen LogP contribution in [-0.4, -0.2) is 19.3 Å². The highest BCUT2D eigenvalue weighted by molar-refractivity contribution is 7.73. The van der Waals surface area contributed by atoms with E-state index in [-0.39, 0.29) is 10.6 Å². The van der Waals surface area contributed by atoms with E-state index in [4.69, 9.17) is 11.5 Å². The zero-order valence-corrected chi connectivity index (χ0v) is 8.14. The van der Waals surface area contributed by atoms with E-state index in [2.05, 4.69) is 0 Å². The Bertz CT molecular complexity index is 396. The molecule has 0 amide bonds. The van der Waals surface area contributed by atoms with Crippen molar-refractivity contribution in [3.8, 4) is 0 Å². The molecule has 0 spiro atoms. The highest BCUT2D eigenvalue weighted by atomic mass is 32.2. The second-order valence-electron chi connectivity index (χ2n) is 2.79. The van der Waals surface area contributed by atoms with E-state index in [0.717, 1.165) is 12.0 Å². The van der Waals surface area contributed by atoms with Gasteiger partial charge in [0.05, 0.1) is 11.7 Å². The van der Waals surface area contributed by atoms with Gasteiger partial charge in [-0.2, -0.15) is 8.42 Å². The average molecular weight is 200 g/mol. The van der Waals surface area contributed by atoms with Gasteiger partial charge in [-0.25, -0.2) is 0 Å². The number of hydrogen-bond donors (Lipinski definition) is 2. The SMILES string of the molecule is CCC1=CC=C(N)C(=S(=O)=O)C1N. The van der Waals surface area contributed by atoms with Gasteiger partial charge in [-0.3, -0.25) is 0 Å². The van der Waals surface area contributed by atoms with Crippen LogP contribution in [0, 0.1) is 0 Å². The molecule has 0 bridgehead atoms. The van der Waals surface area contributed by atoms with Crippen molar-refractivity contribution in [3.05, 3.63) is 23.4 Å². The van der Waals surface area contributed by atoms with Gasteiger partial charge in [0, 0.05) is 0 Å². The summed E-state index contributed by atoms with van der Waals surface area (Å²) in [5.41, 5.74) is 12.3. The molecule has 4 N–H and O–H groups in total. The molecule has 0 saturated heterocycles. The number of allylic oxidation sites excluding steroid dienone is 2. The normalized spacial score (nSPS) is 22.3. The van der Waals surface area contributed by atoms with Gasteiger partial charge < -0.3 is 11.5 Å². The molecule has 0 aromatic rings. The maximum atomic E-state index is 10.8. The molecule has 5 heteroatoms. The van der Waals surface area contributed by atoms with Crippen LogP contribution in [-0.2, 0) is 10.3 Å². The van der Waals surface area contributed by atoms with E-state index in [1.165, 1.54) is 0 Å². The third-order valence-corrected chi connectivity index (χ3v) is 2.88. The number of hydrogen-bond acceptors (Lipinski definition) is 4. The molecule has 4 nitrogen and oxygen atoms in total. The molecule has 0 aromatic heterocycles. The van der Waals surface area contributed by atoms with Crippen LogP contribution in [0.2, 0.25) is 0 Å². The second kappa shape index (κ2) is 3.76. The first-order valence-corrected chi connectivity index (χ1v) is 5.03. The van der Waals surface area contributed by atoms with E-state index in [1.807, 2.05) is 6.92 Å². The minimum Gasteiger partial charge on any atom is -0.398 e. The van der Waals surface area contributed by atoms with Gasteiger partial charge in [0.2, 0.25) is 10.3 Å². The molecule has 0 aliphatic heterocycles. The van der Waals surface area contributed by atoms with Gasteiger partial charge in [-0.15, -0.1) is 0 Å². The van der Waals surface area contributed by atoms with Crippen molar-refractivity contribution in [2.75, 3.05) is 0 Å². The minimum atomic E-state index is -2.33. The molecule has 0 aromatic carbocycles. The first kappa shape index (κ1) is 10.0. The lowest BCUT2D eigenvalue weighted by Gasteiger charge is -2.18. The summed E-state index contributed by atoms with van der Waals surface area (Å²) in [6.45, 7) is 1.92. The Morgan fingerprint density at radius 2 is 2.08 bits per heavy atom. The Kier molecular flexibility index (Phi) is 2.90. The molecule has 0 radical (unpaired) electrons. The first-order valence-electron chi connectivity index (χ1n) is 3.96. The monoisotopic (exact) mass is 200 g/mol. The summed E-state index contributed by atoms with van der Waals surface area (Å²) >= 11 is 0. The van der Waals surface area contributed by atoms with Gasteiger partial charge in [-0.05, 0) is 18.1 Å². The standard InChI is InChI=1S/C8H12N2O2S/c1-2-5-3-4-6(9)8(7(5)10)13(11)12/h3-4,7H,2,9-10H2,1H3. The fourth-order valence-corrected chi connectivity index (χ4v) is 1.89. The molecule has 1 rings (SSSR count). The molecule has 0 heterocycles. The molecule has 1 aliphatic rings. The summed E-state index contributed by atoms with van der Waals surface area (Å²) in [5, 5.41) is 0. The lowest BCUT2D eigenvalue weighted by molar-refractivity contribution is 0.626. The quantitative estimate of drug-likeness (QED) is 0.562.